The van der Waals surface area contributed by atoms with Crippen molar-refractivity contribution in [3.63, 3.8) is 0 Å². The highest BCUT2D eigenvalue weighted by Gasteiger charge is 2.20. The van der Waals surface area contributed by atoms with Crippen molar-refractivity contribution in [1.82, 2.24) is 14.9 Å². The first-order valence-electron chi connectivity index (χ1n) is 9.88. The van der Waals surface area contributed by atoms with Crippen molar-refractivity contribution in [3.8, 4) is 0 Å². The van der Waals surface area contributed by atoms with Crippen LogP contribution in [0.15, 0.2) is 28.5 Å². The maximum atomic E-state index is 12.6. The van der Waals surface area contributed by atoms with E-state index in [-0.39, 0.29) is 18.9 Å². The lowest BCUT2D eigenvalue weighted by atomic mass is 10.1. The molecule has 2 aromatic rings. The summed E-state index contributed by atoms with van der Waals surface area (Å²) in [4.78, 5) is 16.2. The van der Waals surface area contributed by atoms with E-state index in [1.165, 1.54) is 10.4 Å². The second kappa shape index (κ2) is 9.38. The Balaban J connectivity index is 1.41. The van der Waals surface area contributed by atoms with Gasteiger partial charge in [-0.1, -0.05) is 17.7 Å². The van der Waals surface area contributed by atoms with Crippen LogP contribution in [0.4, 0.5) is 0 Å². The summed E-state index contributed by atoms with van der Waals surface area (Å²) in [6, 6.07) is 5.89. The van der Waals surface area contributed by atoms with E-state index >= 15 is 0 Å². The Bertz CT molecular complexity index is 960. The fourth-order valence-electron chi connectivity index (χ4n) is 3.90. The highest BCUT2D eigenvalue weighted by molar-refractivity contribution is 7.89. The maximum absolute atomic E-state index is 12.6. The molecule has 2 heterocycles. The summed E-state index contributed by atoms with van der Waals surface area (Å²) in [6.07, 6.45) is 1.19. The average Bonchev–Trinajstić information content (AvgIpc) is 3.08. The van der Waals surface area contributed by atoms with Crippen molar-refractivity contribution in [3.05, 3.63) is 50.7 Å². The van der Waals surface area contributed by atoms with Gasteiger partial charge in [0.25, 0.3) is 0 Å². The van der Waals surface area contributed by atoms with Crippen LogP contribution in [0.2, 0.25) is 0 Å². The molecule has 1 amide bonds. The number of thiophene rings is 1. The SMILES string of the molecule is Cc1cc(C)c(S(=O)(=O)NCCC(=O)NCCN2CCc3sccc3C2)c(C)c1. The number of hydrogen-bond acceptors (Lipinski definition) is 5. The molecule has 1 aliphatic heterocycles. The molecular weight excluding hydrogens is 406 g/mol. The summed E-state index contributed by atoms with van der Waals surface area (Å²) >= 11 is 1.82. The van der Waals surface area contributed by atoms with Crippen LogP contribution in [0.3, 0.4) is 0 Å². The third-order valence-electron chi connectivity index (χ3n) is 5.15. The minimum atomic E-state index is -3.63. The fraction of sp³-hybridized carbons (Fsp3) is 0.476. The van der Waals surface area contributed by atoms with Gasteiger partial charge in [0.2, 0.25) is 15.9 Å². The molecule has 6 nitrogen and oxygen atoms in total. The minimum Gasteiger partial charge on any atom is -0.355 e. The molecule has 1 aliphatic rings. The van der Waals surface area contributed by atoms with Crippen molar-refractivity contribution in [2.75, 3.05) is 26.2 Å². The fourth-order valence-corrected chi connectivity index (χ4v) is 6.27. The molecule has 8 heteroatoms. The Morgan fingerprint density at radius 1 is 1.17 bits per heavy atom. The van der Waals surface area contributed by atoms with Gasteiger partial charge in [-0.05, 0) is 55.3 Å². The highest BCUT2D eigenvalue weighted by Crippen LogP contribution is 2.23. The van der Waals surface area contributed by atoms with Gasteiger partial charge in [0.1, 0.15) is 0 Å². The van der Waals surface area contributed by atoms with Crippen LogP contribution in [0.1, 0.15) is 33.6 Å². The molecule has 0 aliphatic carbocycles. The molecule has 0 fully saturated rings. The molecule has 1 aromatic carbocycles. The lowest BCUT2D eigenvalue weighted by molar-refractivity contribution is -0.120. The zero-order valence-electron chi connectivity index (χ0n) is 17.2. The quantitative estimate of drug-likeness (QED) is 0.668. The summed E-state index contributed by atoms with van der Waals surface area (Å²) in [5, 5.41) is 5.03. The number of nitrogens with one attached hydrogen (secondary N) is 2. The number of carbonyl (C=O) groups excluding carboxylic acids is 1. The molecule has 0 radical (unpaired) electrons. The van der Waals surface area contributed by atoms with Gasteiger partial charge in [-0.15, -0.1) is 11.3 Å². The summed E-state index contributed by atoms with van der Waals surface area (Å²) < 4.78 is 27.8. The molecule has 0 saturated heterocycles. The van der Waals surface area contributed by atoms with Crippen LogP contribution in [0.25, 0.3) is 0 Å². The zero-order chi connectivity index (χ0) is 21.0. The van der Waals surface area contributed by atoms with Gasteiger partial charge in [0, 0.05) is 44.0 Å². The summed E-state index contributed by atoms with van der Waals surface area (Å²) in [5.41, 5.74) is 3.86. The van der Waals surface area contributed by atoms with Gasteiger partial charge >= 0.3 is 0 Å². The van der Waals surface area contributed by atoms with Gasteiger partial charge in [-0.3, -0.25) is 9.69 Å². The van der Waals surface area contributed by atoms with Crippen LogP contribution in [0.5, 0.6) is 0 Å². The monoisotopic (exact) mass is 435 g/mol. The first-order chi connectivity index (χ1) is 13.8. The molecule has 2 N–H and O–H groups in total. The van der Waals surface area contributed by atoms with Crippen LogP contribution in [-0.2, 0) is 27.8 Å². The van der Waals surface area contributed by atoms with Crippen molar-refractivity contribution >= 4 is 27.3 Å². The van der Waals surface area contributed by atoms with Gasteiger partial charge < -0.3 is 5.32 Å². The highest BCUT2D eigenvalue weighted by atomic mass is 32.2. The summed E-state index contributed by atoms with van der Waals surface area (Å²) in [5.74, 6) is -0.140. The molecule has 0 atom stereocenters. The molecule has 29 heavy (non-hydrogen) atoms. The number of hydrogen-bond donors (Lipinski definition) is 2. The van der Waals surface area contributed by atoms with Crippen molar-refractivity contribution < 1.29 is 13.2 Å². The Morgan fingerprint density at radius 2 is 1.90 bits per heavy atom. The molecule has 0 unspecified atom stereocenters. The topological polar surface area (TPSA) is 78.5 Å². The largest absolute Gasteiger partial charge is 0.355 e. The molecule has 0 bridgehead atoms. The molecule has 3 rings (SSSR count). The molecule has 0 spiro atoms. The summed E-state index contributed by atoms with van der Waals surface area (Å²) in [6.45, 7) is 8.93. The van der Waals surface area contributed by atoms with Crippen molar-refractivity contribution in [2.24, 2.45) is 0 Å². The molecule has 1 aromatic heterocycles. The van der Waals surface area contributed by atoms with E-state index in [4.69, 9.17) is 0 Å². The average molecular weight is 436 g/mol. The van der Waals surface area contributed by atoms with Crippen LogP contribution < -0.4 is 10.0 Å². The Labute approximate surface area is 177 Å². The first-order valence-corrected chi connectivity index (χ1v) is 12.2. The standard InChI is InChI=1S/C21H29N3O3S2/c1-15-12-16(2)21(17(3)13-15)29(26,27)23-7-4-20(25)22-8-10-24-9-5-19-18(14-24)6-11-28-19/h6,11-13,23H,4-5,7-10,14H2,1-3H3,(H,22,25). The molecule has 0 saturated carbocycles. The second-order valence-corrected chi connectivity index (χ2v) is 10.3. The van der Waals surface area contributed by atoms with E-state index in [0.29, 0.717) is 11.4 Å². The number of amides is 1. The van der Waals surface area contributed by atoms with Gasteiger partial charge in [0.15, 0.2) is 0 Å². The number of rotatable bonds is 8. The van der Waals surface area contributed by atoms with Crippen LogP contribution >= 0.6 is 11.3 Å². The summed E-state index contributed by atoms with van der Waals surface area (Å²) in [7, 11) is -3.63. The van der Waals surface area contributed by atoms with E-state index in [1.807, 2.05) is 30.4 Å². The number of aryl methyl sites for hydroxylation is 3. The predicted octanol–water partition coefficient (Wildman–Crippen LogP) is 2.52. The van der Waals surface area contributed by atoms with E-state index in [9.17, 15) is 13.2 Å². The lowest BCUT2D eigenvalue weighted by Gasteiger charge is -2.26. The smallest absolute Gasteiger partial charge is 0.241 e. The van der Waals surface area contributed by atoms with E-state index in [0.717, 1.165) is 42.7 Å². The number of fused-ring (bicyclic) bond motifs is 1. The van der Waals surface area contributed by atoms with Crippen LogP contribution in [-0.4, -0.2) is 45.4 Å². The zero-order valence-corrected chi connectivity index (χ0v) is 18.9. The second-order valence-electron chi connectivity index (χ2n) is 7.62. The van der Waals surface area contributed by atoms with Crippen molar-refractivity contribution in [2.45, 2.75) is 45.1 Å². The first kappa shape index (κ1) is 22.0. The molecule has 158 valence electrons. The number of sulfonamides is 1. The van der Waals surface area contributed by atoms with Gasteiger partial charge in [-0.25, -0.2) is 13.1 Å². The Hall–Kier alpha value is -1.74. The third-order valence-corrected chi connectivity index (χ3v) is 7.94. The Morgan fingerprint density at radius 3 is 2.62 bits per heavy atom. The Kier molecular flexibility index (Phi) is 7.10. The lowest BCUT2D eigenvalue weighted by Crippen LogP contribution is -2.38. The van der Waals surface area contributed by atoms with Gasteiger partial charge in [0.05, 0.1) is 4.90 Å². The number of benzene rings is 1. The minimum absolute atomic E-state index is 0.0862. The van der Waals surface area contributed by atoms with Gasteiger partial charge in [-0.2, -0.15) is 0 Å². The van der Waals surface area contributed by atoms with E-state index in [2.05, 4.69) is 26.4 Å². The van der Waals surface area contributed by atoms with Crippen molar-refractivity contribution in [1.29, 1.82) is 0 Å². The number of nitrogens with zero attached hydrogens (tertiary/aromatic N) is 1. The predicted molar refractivity (Wildman–Crippen MR) is 117 cm³/mol. The van der Waals surface area contributed by atoms with Crippen LogP contribution in [0, 0.1) is 20.8 Å². The maximum Gasteiger partial charge on any atom is 0.241 e. The van der Waals surface area contributed by atoms with E-state index in [1.54, 1.807) is 13.8 Å². The normalized spacial score (nSPS) is 14.6. The van der Waals surface area contributed by atoms with E-state index < -0.39 is 10.0 Å². The third kappa shape index (κ3) is 5.66. The molecular formula is C21H29N3O3S2. The number of carbonyl (C=O) groups is 1.